The van der Waals surface area contributed by atoms with Crippen LogP contribution in [0.3, 0.4) is 0 Å². The third-order valence-electron chi connectivity index (χ3n) is 2.81. The highest BCUT2D eigenvalue weighted by Crippen LogP contribution is 2.30. The van der Waals surface area contributed by atoms with Gasteiger partial charge in [-0.25, -0.2) is 13.8 Å². The monoisotopic (exact) mass is 276 g/mol. The Morgan fingerprint density at radius 1 is 1.11 bits per heavy atom. The first-order valence-corrected chi connectivity index (χ1v) is 6.54. The molecule has 0 bridgehead atoms. The molecule has 0 aliphatic carbocycles. The van der Waals surface area contributed by atoms with Gasteiger partial charge in [0.05, 0.1) is 10.2 Å². The summed E-state index contributed by atoms with van der Waals surface area (Å²) in [6.07, 6.45) is 0. The predicted molar refractivity (Wildman–Crippen MR) is 74.0 cm³/mol. The normalized spacial score (nSPS) is 10.9. The molecular formula is C14H10F2N2S. The molecule has 0 amide bonds. The summed E-state index contributed by atoms with van der Waals surface area (Å²) in [5, 5.41) is 3.20. The fourth-order valence-electron chi connectivity index (χ4n) is 1.80. The van der Waals surface area contributed by atoms with Crippen molar-refractivity contribution in [1.82, 2.24) is 4.98 Å². The summed E-state index contributed by atoms with van der Waals surface area (Å²) in [6.45, 7) is 1.60. The molecule has 2 aromatic carbocycles. The molecule has 0 aliphatic heterocycles. The number of anilines is 2. The Labute approximate surface area is 112 Å². The summed E-state index contributed by atoms with van der Waals surface area (Å²) in [7, 11) is 0. The van der Waals surface area contributed by atoms with Crippen LogP contribution in [0.5, 0.6) is 0 Å². The number of nitrogens with zero attached hydrogens (tertiary/aromatic N) is 1. The molecule has 0 saturated carbocycles. The highest BCUT2D eigenvalue weighted by atomic mass is 32.1. The number of thiazole rings is 1. The summed E-state index contributed by atoms with van der Waals surface area (Å²) in [6, 6.07) is 10.2. The summed E-state index contributed by atoms with van der Waals surface area (Å²) < 4.78 is 28.5. The molecule has 1 N–H and O–H groups in total. The highest BCUT2D eigenvalue weighted by molar-refractivity contribution is 7.22. The molecule has 0 saturated heterocycles. The minimum absolute atomic E-state index is 0.154. The number of benzene rings is 2. The van der Waals surface area contributed by atoms with Gasteiger partial charge in [0.2, 0.25) is 0 Å². The van der Waals surface area contributed by atoms with Crippen LogP contribution in [0.1, 0.15) is 5.56 Å². The Morgan fingerprint density at radius 3 is 2.68 bits per heavy atom. The van der Waals surface area contributed by atoms with Crippen LogP contribution in [0.25, 0.3) is 10.2 Å². The quantitative estimate of drug-likeness (QED) is 0.738. The molecule has 3 rings (SSSR count). The van der Waals surface area contributed by atoms with E-state index in [-0.39, 0.29) is 5.69 Å². The molecule has 0 radical (unpaired) electrons. The number of aromatic nitrogens is 1. The van der Waals surface area contributed by atoms with Gasteiger partial charge >= 0.3 is 0 Å². The number of aryl methyl sites for hydroxylation is 1. The second kappa shape index (κ2) is 4.59. The number of hydrogen-bond acceptors (Lipinski definition) is 3. The van der Waals surface area contributed by atoms with Gasteiger partial charge in [-0.2, -0.15) is 0 Å². The summed E-state index contributed by atoms with van der Waals surface area (Å²) >= 11 is 1.36. The molecule has 0 fully saturated rings. The standard InChI is InChI=1S/C14H10F2N2S/c1-8-6-7-9(15)13(12(8)16)18-14-17-10-4-2-3-5-11(10)19-14/h2-7H,1H3,(H,17,18). The Morgan fingerprint density at radius 2 is 1.89 bits per heavy atom. The van der Waals surface area contributed by atoms with Crippen molar-refractivity contribution in [3.05, 3.63) is 53.6 Å². The van der Waals surface area contributed by atoms with E-state index in [9.17, 15) is 8.78 Å². The van der Waals surface area contributed by atoms with Gasteiger partial charge in [-0.3, -0.25) is 0 Å². The van der Waals surface area contributed by atoms with E-state index in [2.05, 4.69) is 10.3 Å². The Kier molecular flexibility index (Phi) is 2.91. The maximum atomic E-state index is 13.9. The smallest absolute Gasteiger partial charge is 0.188 e. The summed E-state index contributed by atoms with van der Waals surface area (Å²) in [4.78, 5) is 4.29. The van der Waals surface area contributed by atoms with Gasteiger partial charge in [-0.15, -0.1) is 0 Å². The molecule has 0 aliphatic rings. The van der Waals surface area contributed by atoms with E-state index in [0.29, 0.717) is 10.7 Å². The van der Waals surface area contributed by atoms with Gasteiger partial charge < -0.3 is 5.32 Å². The number of nitrogens with one attached hydrogen (secondary N) is 1. The van der Waals surface area contributed by atoms with Crippen molar-refractivity contribution >= 4 is 32.4 Å². The van der Waals surface area contributed by atoms with Gasteiger partial charge in [0.25, 0.3) is 0 Å². The van der Waals surface area contributed by atoms with E-state index < -0.39 is 11.6 Å². The zero-order chi connectivity index (χ0) is 13.4. The van der Waals surface area contributed by atoms with Crippen LogP contribution in [0.2, 0.25) is 0 Å². The first-order valence-electron chi connectivity index (χ1n) is 5.72. The van der Waals surface area contributed by atoms with E-state index in [1.165, 1.54) is 23.5 Å². The largest absolute Gasteiger partial charge is 0.327 e. The lowest BCUT2D eigenvalue weighted by Crippen LogP contribution is -1.98. The minimum atomic E-state index is -0.623. The average Bonchev–Trinajstić information content (AvgIpc) is 2.81. The van der Waals surface area contributed by atoms with Crippen LogP contribution >= 0.6 is 11.3 Å². The van der Waals surface area contributed by atoms with Gasteiger partial charge in [-0.1, -0.05) is 29.5 Å². The number of halogens is 2. The maximum absolute atomic E-state index is 13.9. The second-order valence-corrected chi connectivity index (χ2v) is 5.20. The fourth-order valence-corrected chi connectivity index (χ4v) is 2.67. The molecule has 1 aromatic heterocycles. The highest BCUT2D eigenvalue weighted by Gasteiger charge is 2.13. The van der Waals surface area contributed by atoms with Crippen LogP contribution in [0.15, 0.2) is 36.4 Å². The van der Waals surface area contributed by atoms with Crippen molar-refractivity contribution in [3.8, 4) is 0 Å². The van der Waals surface area contributed by atoms with E-state index >= 15 is 0 Å². The number of rotatable bonds is 2. The van der Waals surface area contributed by atoms with Crippen molar-refractivity contribution in [2.24, 2.45) is 0 Å². The lowest BCUT2D eigenvalue weighted by atomic mass is 10.2. The number of para-hydroxylation sites is 1. The van der Waals surface area contributed by atoms with Crippen molar-refractivity contribution in [2.45, 2.75) is 6.92 Å². The van der Waals surface area contributed by atoms with Crippen LogP contribution < -0.4 is 5.32 Å². The first kappa shape index (κ1) is 12.0. The second-order valence-electron chi connectivity index (χ2n) is 4.17. The Balaban J connectivity index is 2.03. The maximum Gasteiger partial charge on any atom is 0.188 e. The predicted octanol–water partition coefficient (Wildman–Crippen LogP) is 4.63. The Bertz CT molecular complexity index is 719. The zero-order valence-electron chi connectivity index (χ0n) is 10.1. The van der Waals surface area contributed by atoms with Gasteiger partial charge in [-0.05, 0) is 30.7 Å². The molecule has 19 heavy (non-hydrogen) atoms. The molecule has 1 heterocycles. The first-order chi connectivity index (χ1) is 9.15. The van der Waals surface area contributed by atoms with Crippen molar-refractivity contribution in [3.63, 3.8) is 0 Å². The molecule has 2 nitrogen and oxygen atoms in total. The van der Waals surface area contributed by atoms with E-state index in [0.717, 1.165) is 10.2 Å². The third kappa shape index (κ3) is 2.17. The fraction of sp³-hybridized carbons (Fsp3) is 0.0714. The molecule has 5 heteroatoms. The zero-order valence-corrected chi connectivity index (χ0v) is 10.9. The van der Waals surface area contributed by atoms with E-state index in [4.69, 9.17) is 0 Å². The van der Waals surface area contributed by atoms with Gasteiger partial charge in [0, 0.05) is 0 Å². The van der Waals surface area contributed by atoms with E-state index in [1.807, 2.05) is 24.3 Å². The van der Waals surface area contributed by atoms with Gasteiger partial charge in [0.1, 0.15) is 11.5 Å². The summed E-state index contributed by atoms with van der Waals surface area (Å²) in [5.74, 6) is -1.21. The van der Waals surface area contributed by atoms with Crippen LogP contribution in [-0.2, 0) is 0 Å². The van der Waals surface area contributed by atoms with Crippen LogP contribution in [0, 0.1) is 18.6 Å². The Hall–Kier alpha value is -2.01. The van der Waals surface area contributed by atoms with Crippen LogP contribution in [0.4, 0.5) is 19.6 Å². The average molecular weight is 276 g/mol. The molecule has 3 aromatic rings. The number of fused-ring (bicyclic) bond motifs is 1. The SMILES string of the molecule is Cc1ccc(F)c(Nc2nc3ccccc3s2)c1F. The lowest BCUT2D eigenvalue weighted by Gasteiger charge is -2.07. The third-order valence-corrected chi connectivity index (χ3v) is 3.76. The minimum Gasteiger partial charge on any atom is -0.327 e. The van der Waals surface area contributed by atoms with Crippen LogP contribution in [-0.4, -0.2) is 4.98 Å². The molecule has 0 atom stereocenters. The topological polar surface area (TPSA) is 24.9 Å². The van der Waals surface area contributed by atoms with Crippen molar-refractivity contribution in [1.29, 1.82) is 0 Å². The lowest BCUT2D eigenvalue weighted by molar-refractivity contribution is 0.585. The molecular weight excluding hydrogens is 266 g/mol. The van der Waals surface area contributed by atoms with Crippen molar-refractivity contribution in [2.75, 3.05) is 5.32 Å². The van der Waals surface area contributed by atoms with Gasteiger partial charge in [0.15, 0.2) is 10.9 Å². The molecule has 0 unspecified atom stereocenters. The van der Waals surface area contributed by atoms with E-state index in [1.54, 1.807) is 6.92 Å². The van der Waals surface area contributed by atoms with Crippen molar-refractivity contribution < 1.29 is 8.78 Å². The number of hydrogen-bond donors (Lipinski definition) is 1. The molecule has 96 valence electrons. The molecule has 0 spiro atoms. The summed E-state index contributed by atoms with van der Waals surface area (Å²) in [5.41, 5.74) is 1.05.